The third-order valence-electron chi connectivity index (χ3n) is 6.74. The van der Waals surface area contributed by atoms with E-state index in [1.807, 2.05) is 6.20 Å². The third kappa shape index (κ3) is 3.91. The molecule has 0 bridgehead atoms. The zero-order chi connectivity index (χ0) is 17.1. The van der Waals surface area contributed by atoms with Crippen molar-refractivity contribution in [1.82, 2.24) is 19.8 Å². The Morgan fingerprint density at radius 1 is 1.16 bits per heavy atom. The van der Waals surface area contributed by atoms with Crippen molar-refractivity contribution in [3.8, 4) is 0 Å². The van der Waals surface area contributed by atoms with Gasteiger partial charge in [-0.05, 0) is 38.6 Å². The van der Waals surface area contributed by atoms with Crippen molar-refractivity contribution in [2.45, 2.75) is 70.3 Å². The van der Waals surface area contributed by atoms with E-state index in [1.165, 1.54) is 58.0 Å². The molecule has 1 N–H and O–H groups in total. The standard InChI is InChI=1S/C20H32N4O/c25-19-7-10-20(15-24(19)12-8-17-13-21-16-22-17)9-4-11-23(14-20)18-5-2-1-3-6-18/h13,16,18H,1-12,14-15H2,(H,21,22). The summed E-state index contributed by atoms with van der Waals surface area (Å²) in [7, 11) is 0. The fourth-order valence-corrected chi connectivity index (χ4v) is 5.32. The Hall–Kier alpha value is -1.36. The van der Waals surface area contributed by atoms with Gasteiger partial charge in [0.1, 0.15) is 0 Å². The molecule has 1 aromatic rings. The lowest BCUT2D eigenvalue weighted by molar-refractivity contribution is -0.139. The van der Waals surface area contributed by atoms with E-state index < -0.39 is 0 Å². The fourth-order valence-electron chi connectivity index (χ4n) is 5.32. The molecule has 2 aliphatic heterocycles. The maximum atomic E-state index is 12.4. The molecular formula is C20H32N4O. The van der Waals surface area contributed by atoms with E-state index >= 15 is 0 Å². The molecule has 138 valence electrons. The molecular weight excluding hydrogens is 312 g/mol. The van der Waals surface area contributed by atoms with Gasteiger partial charge in [0.05, 0.1) is 6.33 Å². The number of H-pyrrole nitrogens is 1. The van der Waals surface area contributed by atoms with Crippen LogP contribution in [0.3, 0.4) is 0 Å². The van der Waals surface area contributed by atoms with Gasteiger partial charge in [-0.25, -0.2) is 4.98 Å². The van der Waals surface area contributed by atoms with Gasteiger partial charge >= 0.3 is 0 Å². The quantitative estimate of drug-likeness (QED) is 0.913. The molecule has 0 radical (unpaired) electrons. The Balaban J connectivity index is 1.38. The highest BCUT2D eigenvalue weighted by Gasteiger charge is 2.42. The normalized spacial score (nSPS) is 29.4. The highest BCUT2D eigenvalue weighted by Crippen LogP contribution is 2.40. The highest BCUT2D eigenvalue weighted by molar-refractivity contribution is 5.77. The summed E-state index contributed by atoms with van der Waals surface area (Å²) in [6.07, 6.45) is 15.9. The van der Waals surface area contributed by atoms with Crippen LogP contribution in [0.2, 0.25) is 0 Å². The molecule has 1 unspecified atom stereocenters. The van der Waals surface area contributed by atoms with Crippen LogP contribution in [-0.4, -0.2) is 57.9 Å². The molecule has 1 aliphatic carbocycles. The van der Waals surface area contributed by atoms with Crippen molar-refractivity contribution in [3.05, 3.63) is 18.2 Å². The highest BCUT2D eigenvalue weighted by atomic mass is 16.2. The topological polar surface area (TPSA) is 52.2 Å². The Morgan fingerprint density at radius 2 is 2.04 bits per heavy atom. The largest absolute Gasteiger partial charge is 0.348 e. The molecule has 5 nitrogen and oxygen atoms in total. The number of nitrogens with zero attached hydrogens (tertiary/aromatic N) is 3. The van der Waals surface area contributed by atoms with Gasteiger partial charge in [0, 0.05) is 55.8 Å². The number of amides is 1. The number of piperidine rings is 2. The minimum Gasteiger partial charge on any atom is -0.348 e. The zero-order valence-corrected chi connectivity index (χ0v) is 15.4. The van der Waals surface area contributed by atoms with Crippen molar-refractivity contribution in [2.24, 2.45) is 5.41 Å². The molecule has 2 saturated heterocycles. The Bertz CT molecular complexity index is 566. The van der Waals surface area contributed by atoms with Crippen molar-refractivity contribution in [2.75, 3.05) is 26.2 Å². The predicted molar refractivity (Wildman–Crippen MR) is 98.2 cm³/mol. The SMILES string of the molecule is O=C1CCC2(CCCN(C3CCCCC3)C2)CN1CCc1cnc[nH]1. The lowest BCUT2D eigenvalue weighted by Gasteiger charge is -2.50. The monoisotopic (exact) mass is 344 g/mol. The maximum Gasteiger partial charge on any atom is 0.222 e. The summed E-state index contributed by atoms with van der Waals surface area (Å²) >= 11 is 0. The van der Waals surface area contributed by atoms with E-state index in [1.54, 1.807) is 6.33 Å². The van der Waals surface area contributed by atoms with Crippen LogP contribution in [0, 0.1) is 5.41 Å². The van der Waals surface area contributed by atoms with Crippen molar-refractivity contribution >= 4 is 5.91 Å². The number of imidazole rings is 1. The van der Waals surface area contributed by atoms with Gasteiger partial charge in [0.15, 0.2) is 0 Å². The van der Waals surface area contributed by atoms with Crippen LogP contribution < -0.4 is 0 Å². The van der Waals surface area contributed by atoms with Crippen LogP contribution in [0.4, 0.5) is 0 Å². The van der Waals surface area contributed by atoms with Gasteiger partial charge in [-0.2, -0.15) is 0 Å². The van der Waals surface area contributed by atoms with E-state index in [2.05, 4.69) is 19.8 Å². The van der Waals surface area contributed by atoms with Crippen LogP contribution in [0.1, 0.15) is 63.5 Å². The van der Waals surface area contributed by atoms with Gasteiger partial charge in [-0.3, -0.25) is 9.69 Å². The van der Waals surface area contributed by atoms with Crippen LogP contribution in [-0.2, 0) is 11.2 Å². The first-order valence-corrected chi connectivity index (χ1v) is 10.2. The first-order chi connectivity index (χ1) is 12.2. The van der Waals surface area contributed by atoms with E-state index in [9.17, 15) is 4.79 Å². The summed E-state index contributed by atoms with van der Waals surface area (Å²) in [5.41, 5.74) is 1.47. The summed E-state index contributed by atoms with van der Waals surface area (Å²) in [6.45, 7) is 4.27. The average molecular weight is 345 g/mol. The smallest absolute Gasteiger partial charge is 0.222 e. The molecule has 3 heterocycles. The minimum absolute atomic E-state index is 0.345. The zero-order valence-electron chi connectivity index (χ0n) is 15.4. The molecule has 1 amide bonds. The van der Waals surface area contributed by atoms with Gasteiger partial charge in [0.2, 0.25) is 5.91 Å². The number of hydrogen-bond donors (Lipinski definition) is 1. The minimum atomic E-state index is 0.345. The molecule has 0 aromatic carbocycles. The van der Waals surface area contributed by atoms with Crippen molar-refractivity contribution < 1.29 is 4.79 Å². The number of aromatic amines is 1. The van der Waals surface area contributed by atoms with E-state index in [0.29, 0.717) is 11.3 Å². The molecule has 25 heavy (non-hydrogen) atoms. The molecule has 3 fully saturated rings. The molecule has 1 atom stereocenters. The average Bonchev–Trinajstić information content (AvgIpc) is 3.17. The molecule has 1 aromatic heterocycles. The van der Waals surface area contributed by atoms with Crippen molar-refractivity contribution in [3.63, 3.8) is 0 Å². The van der Waals surface area contributed by atoms with Gasteiger partial charge in [-0.15, -0.1) is 0 Å². The molecule has 5 heteroatoms. The first-order valence-electron chi connectivity index (χ1n) is 10.2. The molecule has 1 spiro atoms. The Labute approximate surface area is 151 Å². The van der Waals surface area contributed by atoms with Gasteiger partial charge in [-0.1, -0.05) is 19.3 Å². The van der Waals surface area contributed by atoms with Gasteiger partial charge < -0.3 is 9.88 Å². The van der Waals surface area contributed by atoms with E-state index in [0.717, 1.165) is 44.1 Å². The number of rotatable bonds is 4. The van der Waals surface area contributed by atoms with Crippen LogP contribution in [0.25, 0.3) is 0 Å². The van der Waals surface area contributed by atoms with E-state index in [-0.39, 0.29) is 0 Å². The van der Waals surface area contributed by atoms with Crippen LogP contribution >= 0.6 is 0 Å². The summed E-state index contributed by atoms with van der Waals surface area (Å²) in [5.74, 6) is 0.347. The molecule has 1 saturated carbocycles. The fraction of sp³-hybridized carbons (Fsp3) is 0.800. The Morgan fingerprint density at radius 3 is 2.84 bits per heavy atom. The molecule has 3 aliphatic rings. The summed E-state index contributed by atoms with van der Waals surface area (Å²) in [6, 6.07) is 0.807. The number of carbonyl (C=O) groups is 1. The predicted octanol–water partition coefficient (Wildman–Crippen LogP) is 2.99. The second-order valence-corrected chi connectivity index (χ2v) is 8.51. The lowest BCUT2D eigenvalue weighted by atomic mass is 9.72. The third-order valence-corrected chi connectivity index (χ3v) is 6.74. The van der Waals surface area contributed by atoms with Crippen LogP contribution in [0.5, 0.6) is 0 Å². The number of aromatic nitrogens is 2. The number of nitrogens with one attached hydrogen (secondary N) is 1. The maximum absolute atomic E-state index is 12.4. The summed E-state index contributed by atoms with van der Waals surface area (Å²) in [5, 5.41) is 0. The Kier molecular flexibility index (Phi) is 5.11. The van der Waals surface area contributed by atoms with Crippen molar-refractivity contribution in [1.29, 1.82) is 0 Å². The molecule has 4 rings (SSSR count). The second kappa shape index (κ2) is 7.48. The first kappa shape index (κ1) is 17.1. The number of carbonyl (C=O) groups excluding carboxylic acids is 1. The van der Waals surface area contributed by atoms with E-state index in [4.69, 9.17) is 0 Å². The lowest BCUT2D eigenvalue weighted by Crippen LogP contribution is -2.56. The van der Waals surface area contributed by atoms with Crippen LogP contribution in [0.15, 0.2) is 12.5 Å². The summed E-state index contributed by atoms with van der Waals surface area (Å²) in [4.78, 5) is 24.6. The van der Waals surface area contributed by atoms with Gasteiger partial charge in [0.25, 0.3) is 0 Å². The number of likely N-dealkylation sites (tertiary alicyclic amines) is 2. The summed E-state index contributed by atoms with van der Waals surface area (Å²) < 4.78 is 0. The second-order valence-electron chi connectivity index (χ2n) is 8.51. The number of hydrogen-bond acceptors (Lipinski definition) is 3.